The van der Waals surface area contributed by atoms with Crippen LogP contribution < -0.4 is 39.0 Å². The molecule has 0 aliphatic carbocycles. The molecule has 2 heterocycles. The van der Waals surface area contributed by atoms with Crippen LogP contribution >= 0.6 is 11.3 Å². The second-order valence-corrected chi connectivity index (χ2v) is 7.67. The molecule has 0 aromatic carbocycles. The Labute approximate surface area is 163 Å². The minimum Gasteiger partial charge on any atom is -0.748 e. The van der Waals surface area contributed by atoms with E-state index in [9.17, 15) is 13.0 Å². The Kier molecular flexibility index (Phi) is 9.43. The molecule has 0 fully saturated rings. The van der Waals surface area contributed by atoms with Crippen molar-refractivity contribution < 1.29 is 56.7 Å². The van der Waals surface area contributed by atoms with Gasteiger partial charge in [-0.15, -0.1) is 11.3 Å². The largest absolute Gasteiger partial charge is 1.00 e. The van der Waals surface area contributed by atoms with E-state index in [0.29, 0.717) is 25.4 Å². The van der Waals surface area contributed by atoms with Crippen LogP contribution in [0.5, 0.6) is 11.5 Å². The molecule has 2 atom stereocenters. The molecule has 0 amide bonds. The zero-order chi connectivity index (χ0) is 16.0. The third-order valence-electron chi connectivity index (χ3n) is 3.49. The van der Waals surface area contributed by atoms with Crippen LogP contribution in [0.1, 0.15) is 32.6 Å². The third kappa shape index (κ3) is 6.89. The van der Waals surface area contributed by atoms with Crippen molar-refractivity contribution in [2.24, 2.45) is 0 Å². The van der Waals surface area contributed by atoms with Crippen molar-refractivity contribution in [2.75, 3.05) is 19.8 Å². The van der Waals surface area contributed by atoms with Crippen LogP contribution in [0.4, 0.5) is 0 Å². The van der Waals surface area contributed by atoms with E-state index >= 15 is 0 Å². The predicted octanol–water partition coefficient (Wildman–Crippen LogP) is -0.597. The fourth-order valence-electron chi connectivity index (χ4n) is 2.24. The summed E-state index contributed by atoms with van der Waals surface area (Å²) in [7, 11) is -4.26. The van der Waals surface area contributed by atoms with Gasteiger partial charge in [0, 0.05) is 17.4 Å². The topological polar surface area (TPSA) is 84.9 Å². The summed E-state index contributed by atoms with van der Waals surface area (Å²) in [4.78, 5) is 0. The Bertz CT molecular complexity index is 559. The van der Waals surface area contributed by atoms with Crippen molar-refractivity contribution in [2.45, 2.75) is 44.0 Å². The Hall–Kier alpha value is 0.170. The Balaban J connectivity index is 0.00000264. The van der Waals surface area contributed by atoms with Crippen molar-refractivity contribution in [3.63, 3.8) is 0 Å². The molecule has 1 aliphatic rings. The van der Waals surface area contributed by atoms with Gasteiger partial charge in [-0.2, -0.15) is 0 Å². The first-order valence-corrected chi connectivity index (χ1v) is 9.80. The minimum atomic E-state index is -4.26. The maximum Gasteiger partial charge on any atom is 1.00 e. The molecule has 6 nitrogen and oxygen atoms in total. The van der Waals surface area contributed by atoms with Crippen LogP contribution in [-0.4, -0.2) is 44.1 Å². The molecule has 0 saturated carbocycles. The van der Waals surface area contributed by atoms with Crippen LogP contribution in [0.3, 0.4) is 0 Å². The predicted molar refractivity (Wildman–Crippen MR) is 82.7 cm³/mol. The summed E-state index contributed by atoms with van der Waals surface area (Å²) >= 11 is 1.51. The van der Waals surface area contributed by atoms with E-state index < -0.39 is 15.4 Å². The molecule has 126 valence electrons. The minimum absolute atomic E-state index is 0. The molecule has 0 spiro atoms. The van der Waals surface area contributed by atoms with E-state index in [4.69, 9.17) is 14.2 Å². The molecule has 0 radical (unpaired) electrons. The average Bonchev–Trinajstić information content (AvgIpc) is 2.92. The zero-order valence-corrected chi connectivity index (χ0v) is 17.2. The molecule has 1 aromatic heterocycles. The first kappa shape index (κ1) is 21.2. The number of hydrogen-bond donors (Lipinski definition) is 0. The molecule has 23 heavy (non-hydrogen) atoms. The van der Waals surface area contributed by atoms with Gasteiger partial charge in [0.25, 0.3) is 0 Å². The standard InChI is InChI=1S/C14H22O6S2.Na/c1-2-3-4-12(22(15,16)17)5-6-18-7-11-8-19-13-9-21-10-14(13)20-11;/h9-12H,2-8H2,1H3,(H,15,16,17);/q;+1/p-1. The number of ether oxygens (including phenoxy) is 3. The van der Waals surface area contributed by atoms with Crippen molar-refractivity contribution >= 4 is 21.5 Å². The molecule has 9 heteroatoms. The molecule has 0 bridgehead atoms. The molecule has 2 rings (SSSR count). The Morgan fingerprint density at radius 3 is 2.83 bits per heavy atom. The monoisotopic (exact) mass is 372 g/mol. The smallest absolute Gasteiger partial charge is 0.748 e. The zero-order valence-electron chi connectivity index (χ0n) is 13.5. The molecule has 2 unspecified atom stereocenters. The van der Waals surface area contributed by atoms with Crippen molar-refractivity contribution in [1.82, 2.24) is 0 Å². The summed E-state index contributed by atoms with van der Waals surface area (Å²) in [6, 6.07) is 0. The second kappa shape index (κ2) is 10.2. The van der Waals surface area contributed by atoms with E-state index in [0.717, 1.165) is 18.6 Å². The number of unbranched alkanes of at least 4 members (excludes halogenated alkanes) is 1. The van der Waals surface area contributed by atoms with Gasteiger partial charge in [-0.3, -0.25) is 0 Å². The molecular formula is C14H21NaO6S2. The second-order valence-electron chi connectivity index (χ2n) is 5.27. The van der Waals surface area contributed by atoms with Gasteiger partial charge in [0.05, 0.1) is 22.0 Å². The molecule has 0 N–H and O–H groups in total. The Morgan fingerprint density at radius 1 is 1.39 bits per heavy atom. The van der Waals surface area contributed by atoms with E-state index in [1.807, 2.05) is 17.7 Å². The number of rotatable bonds is 9. The van der Waals surface area contributed by atoms with Gasteiger partial charge in [-0.25, -0.2) is 8.42 Å². The average molecular weight is 372 g/mol. The van der Waals surface area contributed by atoms with Gasteiger partial charge in [0.1, 0.15) is 6.61 Å². The van der Waals surface area contributed by atoms with Crippen molar-refractivity contribution in [1.29, 1.82) is 0 Å². The maximum absolute atomic E-state index is 11.2. The van der Waals surface area contributed by atoms with Crippen LogP contribution in [0, 0.1) is 0 Å². The van der Waals surface area contributed by atoms with E-state index in [1.165, 1.54) is 11.3 Å². The summed E-state index contributed by atoms with van der Waals surface area (Å²) in [5, 5.41) is 2.88. The molecule has 0 saturated heterocycles. The van der Waals surface area contributed by atoms with Crippen LogP contribution in [0.25, 0.3) is 0 Å². The van der Waals surface area contributed by atoms with Gasteiger partial charge in [0.15, 0.2) is 17.6 Å². The van der Waals surface area contributed by atoms with Crippen molar-refractivity contribution in [3.05, 3.63) is 10.8 Å². The first-order chi connectivity index (χ1) is 10.5. The van der Waals surface area contributed by atoms with Gasteiger partial charge in [-0.05, 0) is 12.8 Å². The summed E-state index contributed by atoms with van der Waals surface area (Å²) in [6.07, 6.45) is 2.01. The first-order valence-electron chi connectivity index (χ1n) is 7.38. The van der Waals surface area contributed by atoms with Crippen LogP contribution in [0.15, 0.2) is 10.8 Å². The van der Waals surface area contributed by atoms with E-state index in [2.05, 4.69) is 0 Å². The van der Waals surface area contributed by atoms with E-state index in [-0.39, 0.29) is 48.7 Å². The summed E-state index contributed by atoms with van der Waals surface area (Å²) < 4.78 is 50.2. The van der Waals surface area contributed by atoms with E-state index in [1.54, 1.807) is 0 Å². The fourth-order valence-corrected chi connectivity index (χ4v) is 3.75. The molecule has 1 aliphatic heterocycles. The van der Waals surface area contributed by atoms with Crippen molar-refractivity contribution in [3.8, 4) is 11.5 Å². The number of hydrogen-bond acceptors (Lipinski definition) is 7. The number of fused-ring (bicyclic) bond motifs is 1. The van der Waals surface area contributed by atoms with Gasteiger partial charge in [0.2, 0.25) is 0 Å². The summed E-state index contributed by atoms with van der Waals surface area (Å²) in [6.45, 7) is 2.91. The normalized spacial score (nSPS) is 18.3. The number of thiophene rings is 1. The third-order valence-corrected chi connectivity index (χ3v) is 5.48. The SMILES string of the molecule is CCCCC(CCOCC1COc2cscc2O1)S(=O)(=O)[O-].[Na+]. The Morgan fingerprint density at radius 2 is 2.13 bits per heavy atom. The summed E-state index contributed by atoms with van der Waals surface area (Å²) in [5.41, 5.74) is 0. The molecular weight excluding hydrogens is 351 g/mol. The maximum atomic E-state index is 11.2. The quantitative estimate of drug-likeness (QED) is 0.327. The van der Waals surface area contributed by atoms with Crippen LogP contribution in [-0.2, 0) is 14.9 Å². The van der Waals surface area contributed by atoms with Gasteiger partial charge < -0.3 is 18.8 Å². The fraction of sp³-hybridized carbons (Fsp3) is 0.714. The van der Waals surface area contributed by atoms with Gasteiger partial charge in [-0.1, -0.05) is 19.8 Å². The summed E-state index contributed by atoms with van der Waals surface area (Å²) in [5.74, 6) is 1.46. The van der Waals surface area contributed by atoms with Gasteiger partial charge >= 0.3 is 29.6 Å². The molecule has 1 aromatic rings. The van der Waals surface area contributed by atoms with Crippen LogP contribution in [0.2, 0.25) is 0 Å².